The molecule has 4 rings (SSSR count). The highest BCUT2D eigenvalue weighted by Gasteiger charge is 2.42. The quantitative estimate of drug-likeness (QED) is 0.766. The van der Waals surface area contributed by atoms with Gasteiger partial charge in [0.2, 0.25) is 0 Å². The number of carbonyl (C=O) groups excluding carboxylic acids is 2. The predicted octanol–water partition coefficient (Wildman–Crippen LogP) is 3.38. The van der Waals surface area contributed by atoms with Crippen molar-refractivity contribution in [2.75, 3.05) is 15.9 Å². The van der Waals surface area contributed by atoms with Gasteiger partial charge in [-0.25, -0.2) is 19.7 Å². The van der Waals surface area contributed by atoms with E-state index in [-0.39, 0.29) is 12.1 Å². The molecule has 2 aromatic rings. The average Bonchev–Trinajstić information content (AvgIpc) is 3.43. The Labute approximate surface area is 149 Å². The van der Waals surface area contributed by atoms with Crippen LogP contribution in [0.15, 0.2) is 30.6 Å². The van der Waals surface area contributed by atoms with Gasteiger partial charge >= 0.3 is 6.09 Å². The highest BCUT2D eigenvalue weighted by molar-refractivity contribution is 6.25. The van der Waals surface area contributed by atoms with E-state index >= 15 is 0 Å². The maximum atomic E-state index is 13.1. The van der Waals surface area contributed by atoms with Crippen LogP contribution in [0.3, 0.4) is 0 Å². The van der Waals surface area contributed by atoms with Gasteiger partial charge in [0.1, 0.15) is 11.5 Å². The molecule has 0 atom stereocenters. The Morgan fingerprint density at radius 3 is 2.76 bits per heavy atom. The molecule has 0 radical (unpaired) electrons. The smallest absolute Gasteiger partial charge is 0.422 e. The Balaban J connectivity index is 2.00. The summed E-state index contributed by atoms with van der Waals surface area (Å²) in [6, 6.07) is 4.94. The standard InChI is InChI=1S/C17H15ClN4O3/c1-10-6-8-20-15-13(10)22(17(24)25-9-18)16(23)12-3-2-7-19-14(12)21(15)11-4-5-11/h2-3,6-8,11H,4-5,9H2,1H3. The summed E-state index contributed by atoms with van der Waals surface area (Å²) in [6.45, 7) is 1.82. The number of aromatic nitrogens is 2. The summed E-state index contributed by atoms with van der Waals surface area (Å²) in [5.74, 6) is 0.536. The van der Waals surface area contributed by atoms with Crippen LogP contribution in [0.25, 0.3) is 0 Å². The molecule has 3 heterocycles. The van der Waals surface area contributed by atoms with Crippen molar-refractivity contribution in [2.24, 2.45) is 0 Å². The summed E-state index contributed by atoms with van der Waals surface area (Å²) in [6.07, 6.45) is 4.41. The summed E-state index contributed by atoms with van der Waals surface area (Å²) in [4.78, 5) is 37.5. The van der Waals surface area contributed by atoms with Crippen molar-refractivity contribution < 1.29 is 14.3 Å². The van der Waals surface area contributed by atoms with Gasteiger partial charge in [0, 0.05) is 18.4 Å². The van der Waals surface area contributed by atoms with E-state index in [1.165, 1.54) is 0 Å². The molecule has 1 aliphatic carbocycles. The number of anilines is 3. The molecule has 7 nitrogen and oxygen atoms in total. The van der Waals surface area contributed by atoms with E-state index in [4.69, 9.17) is 16.3 Å². The Hall–Kier alpha value is -2.67. The van der Waals surface area contributed by atoms with E-state index in [9.17, 15) is 9.59 Å². The molecule has 1 fully saturated rings. The van der Waals surface area contributed by atoms with E-state index in [0.717, 1.165) is 23.3 Å². The second kappa shape index (κ2) is 6.00. The monoisotopic (exact) mass is 358 g/mol. The van der Waals surface area contributed by atoms with Crippen molar-refractivity contribution >= 4 is 40.9 Å². The lowest BCUT2D eigenvalue weighted by atomic mass is 10.2. The summed E-state index contributed by atoms with van der Waals surface area (Å²) in [7, 11) is 0. The van der Waals surface area contributed by atoms with Gasteiger partial charge in [0.05, 0.1) is 5.56 Å². The van der Waals surface area contributed by atoms with Crippen LogP contribution in [0.5, 0.6) is 0 Å². The number of rotatable bonds is 2. The van der Waals surface area contributed by atoms with Crippen LogP contribution < -0.4 is 9.80 Å². The van der Waals surface area contributed by atoms with Crippen LogP contribution in [-0.4, -0.2) is 34.1 Å². The van der Waals surface area contributed by atoms with Gasteiger partial charge < -0.3 is 9.64 Å². The molecule has 0 spiro atoms. The Morgan fingerprint density at radius 1 is 1.28 bits per heavy atom. The van der Waals surface area contributed by atoms with Gasteiger partial charge in [-0.15, -0.1) is 0 Å². The number of ether oxygens (including phenoxy) is 1. The summed E-state index contributed by atoms with van der Waals surface area (Å²) in [5, 5.41) is 0. The number of alkyl halides is 1. The molecule has 1 aliphatic heterocycles. The third-order valence-electron chi connectivity index (χ3n) is 4.28. The van der Waals surface area contributed by atoms with Crippen LogP contribution >= 0.6 is 11.6 Å². The SMILES string of the molecule is Cc1ccnc2c1N(C(=O)OCCl)C(=O)c1cccnc1N2C1CC1. The van der Waals surface area contributed by atoms with Crippen molar-refractivity contribution in [3.05, 3.63) is 41.7 Å². The predicted molar refractivity (Wildman–Crippen MR) is 92.4 cm³/mol. The molecule has 128 valence electrons. The largest absolute Gasteiger partial charge is 0.432 e. The van der Waals surface area contributed by atoms with Gasteiger partial charge in [0.25, 0.3) is 5.91 Å². The minimum absolute atomic E-state index is 0.207. The third-order valence-corrected chi connectivity index (χ3v) is 4.39. The van der Waals surface area contributed by atoms with E-state index in [1.807, 2.05) is 11.8 Å². The van der Waals surface area contributed by atoms with Crippen LogP contribution in [0.2, 0.25) is 0 Å². The molecule has 0 N–H and O–H groups in total. The fraction of sp³-hybridized carbons (Fsp3) is 0.294. The second-order valence-corrected chi connectivity index (χ2v) is 6.15. The van der Waals surface area contributed by atoms with Crippen LogP contribution in [0, 0.1) is 6.92 Å². The van der Waals surface area contributed by atoms with Crippen molar-refractivity contribution in [3.8, 4) is 0 Å². The summed E-state index contributed by atoms with van der Waals surface area (Å²) in [5.41, 5.74) is 1.48. The molecule has 8 heteroatoms. The zero-order valence-electron chi connectivity index (χ0n) is 13.5. The molecule has 25 heavy (non-hydrogen) atoms. The lowest BCUT2D eigenvalue weighted by molar-refractivity contribution is 0.0974. The topological polar surface area (TPSA) is 75.6 Å². The first-order valence-electron chi connectivity index (χ1n) is 7.90. The number of aryl methyl sites for hydroxylation is 1. The second-order valence-electron chi connectivity index (χ2n) is 5.94. The van der Waals surface area contributed by atoms with E-state index < -0.39 is 12.0 Å². The molecule has 2 aliphatic rings. The van der Waals surface area contributed by atoms with Gasteiger partial charge in [-0.1, -0.05) is 11.6 Å². The normalized spacial score (nSPS) is 16.2. The Bertz CT molecular complexity index is 869. The third kappa shape index (κ3) is 2.51. The number of hydrogen-bond acceptors (Lipinski definition) is 6. The lowest BCUT2D eigenvalue weighted by Crippen LogP contribution is -2.37. The maximum absolute atomic E-state index is 13.1. The molecule has 0 saturated heterocycles. The number of amides is 2. The zero-order valence-corrected chi connectivity index (χ0v) is 14.2. The maximum Gasteiger partial charge on any atom is 0.422 e. The lowest BCUT2D eigenvalue weighted by Gasteiger charge is -2.25. The minimum Gasteiger partial charge on any atom is -0.432 e. The molecule has 0 unspecified atom stereocenters. The van der Waals surface area contributed by atoms with E-state index in [1.54, 1.807) is 30.6 Å². The zero-order chi connectivity index (χ0) is 17.6. The minimum atomic E-state index is -0.829. The van der Waals surface area contributed by atoms with Gasteiger partial charge in [-0.3, -0.25) is 4.79 Å². The first-order chi connectivity index (χ1) is 12.1. The highest BCUT2D eigenvalue weighted by Crippen LogP contribution is 2.45. The average molecular weight is 359 g/mol. The molecular formula is C17H15ClN4O3. The first kappa shape index (κ1) is 15.8. The Morgan fingerprint density at radius 2 is 2.04 bits per heavy atom. The number of halogens is 1. The number of nitrogens with zero attached hydrogens (tertiary/aromatic N) is 4. The summed E-state index contributed by atoms with van der Waals surface area (Å²) < 4.78 is 4.91. The van der Waals surface area contributed by atoms with E-state index in [2.05, 4.69) is 9.97 Å². The molecule has 2 amide bonds. The van der Waals surface area contributed by atoms with Crippen molar-refractivity contribution in [3.63, 3.8) is 0 Å². The van der Waals surface area contributed by atoms with Crippen LogP contribution in [0.1, 0.15) is 28.8 Å². The molecule has 0 aromatic carbocycles. The highest BCUT2D eigenvalue weighted by atomic mass is 35.5. The summed E-state index contributed by atoms with van der Waals surface area (Å²) >= 11 is 5.54. The van der Waals surface area contributed by atoms with Gasteiger partial charge in [-0.05, 0) is 43.5 Å². The number of imide groups is 1. The van der Waals surface area contributed by atoms with Crippen molar-refractivity contribution in [1.82, 2.24) is 9.97 Å². The fourth-order valence-corrected chi connectivity index (χ4v) is 3.12. The fourth-order valence-electron chi connectivity index (χ4n) is 3.03. The number of pyridine rings is 2. The number of hydrogen-bond donors (Lipinski definition) is 0. The van der Waals surface area contributed by atoms with Gasteiger partial charge in [-0.2, -0.15) is 0 Å². The van der Waals surface area contributed by atoms with Gasteiger partial charge in [0.15, 0.2) is 11.9 Å². The first-order valence-corrected chi connectivity index (χ1v) is 8.44. The van der Waals surface area contributed by atoms with Crippen LogP contribution in [-0.2, 0) is 4.74 Å². The number of carbonyl (C=O) groups is 2. The number of fused-ring (bicyclic) bond motifs is 2. The van der Waals surface area contributed by atoms with Crippen molar-refractivity contribution in [1.29, 1.82) is 0 Å². The molecule has 2 aromatic heterocycles. The Kier molecular flexibility index (Phi) is 3.80. The molecule has 1 saturated carbocycles. The van der Waals surface area contributed by atoms with Crippen LogP contribution in [0.4, 0.5) is 22.1 Å². The van der Waals surface area contributed by atoms with Crippen molar-refractivity contribution in [2.45, 2.75) is 25.8 Å². The molecular weight excluding hydrogens is 344 g/mol. The van der Waals surface area contributed by atoms with E-state index in [0.29, 0.717) is 22.9 Å². The molecule has 0 bridgehead atoms.